The third kappa shape index (κ3) is 3.76. The molecular weight excluding hydrogens is 328 g/mol. The lowest BCUT2D eigenvalue weighted by atomic mass is 10.1. The Morgan fingerprint density at radius 3 is 2.58 bits per heavy atom. The minimum Gasteiger partial charge on any atom is -0.496 e. The molecule has 6 heteroatoms. The van der Waals surface area contributed by atoms with Crippen LogP contribution in [0.5, 0.6) is 11.5 Å². The van der Waals surface area contributed by atoms with Crippen LogP contribution in [0.15, 0.2) is 29.6 Å². The maximum atomic E-state index is 12.1. The van der Waals surface area contributed by atoms with E-state index in [9.17, 15) is 9.59 Å². The highest BCUT2D eigenvalue weighted by molar-refractivity contribution is 7.13. The van der Waals surface area contributed by atoms with Gasteiger partial charge in [-0.25, -0.2) is 4.79 Å². The van der Waals surface area contributed by atoms with Gasteiger partial charge in [0.15, 0.2) is 11.9 Å². The molecular formula is C18H20O5S. The van der Waals surface area contributed by atoms with E-state index in [1.165, 1.54) is 18.4 Å². The summed E-state index contributed by atoms with van der Waals surface area (Å²) in [5.74, 6) is 0.387. The first-order valence-corrected chi connectivity index (χ1v) is 8.38. The van der Waals surface area contributed by atoms with Crippen molar-refractivity contribution in [1.82, 2.24) is 0 Å². The van der Waals surface area contributed by atoms with Crippen molar-refractivity contribution in [2.24, 2.45) is 0 Å². The number of esters is 1. The number of hydrogen-bond acceptors (Lipinski definition) is 6. The third-order valence-electron chi connectivity index (χ3n) is 3.38. The fraction of sp³-hybridized carbons (Fsp3) is 0.333. The summed E-state index contributed by atoms with van der Waals surface area (Å²) in [5.41, 5.74) is -0.0251. The largest absolute Gasteiger partial charge is 0.496 e. The lowest BCUT2D eigenvalue weighted by Crippen LogP contribution is -2.39. The molecule has 0 atom stereocenters. The van der Waals surface area contributed by atoms with Crippen LogP contribution in [0.2, 0.25) is 0 Å². The second-order valence-electron chi connectivity index (χ2n) is 5.52. The predicted molar refractivity (Wildman–Crippen MR) is 93.0 cm³/mol. The number of thiophene rings is 1. The Bertz CT molecular complexity index is 719. The van der Waals surface area contributed by atoms with Gasteiger partial charge in [0.2, 0.25) is 0 Å². The van der Waals surface area contributed by atoms with Gasteiger partial charge in [0.25, 0.3) is 0 Å². The number of carbonyl (C=O) groups excluding carboxylic acids is 2. The smallest absolute Gasteiger partial charge is 0.349 e. The summed E-state index contributed by atoms with van der Waals surface area (Å²) in [6, 6.07) is 7.16. The SMILES string of the molecule is CCOC(=O)C(C)(C)Oc1cc(OC)c(C=O)cc1-c1cccs1. The van der Waals surface area contributed by atoms with Crippen molar-refractivity contribution in [3.05, 3.63) is 35.2 Å². The Kier molecular flexibility index (Phi) is 5.62. The maximum absolute atomic E-state index is 12.1. The zero-order chi connectivity index (χ0) is 17.7. The molecule has 0 bridgehead atoms. The maximum Gasteiger partial charge on any atom is 0.349 e. The standard InChI is InChI=1S/C18H20O5S/c1-5-22-17(20)18(2,3)23-15-10-14(21-4)12(11-19)9-13(15)16-7-6-8-24-16/h6-11H,5H2,1-4H3. The van der Waals surface area contributed by atoms with Crippen LogP contribution < -0.4 is 9.47 Å². The number of benzene rings is 1. The van der Waals surface area contributed by atoms with Crippen molar-refractivity contribution in [3.8, 4) is 21.9 Å². The van der Waals surface area contributed by atoms with E-state index in [1.54, 1.807) is 32.9 Å². The summed E-state index contributed by atoms with van der Waals surface area (Å²) in [7, 11) is 1.48. The predicted octanol–water partition coefficient (Wildman–Crippen LogP) is 3.96. The van der Waals surface area contributed by atoms with Gasteiger partial charge in [-0.3, -0.25) is 4.79 Å². The molecule has 0 fully saturated rings. The monoisotopic (exact) mass is 348 g/mol. The van der Waals surface area contributed by atoms with Gasteiger partial charge in [-0.1, -0.05) is 6.07 Å². The van der Waals surface area contributed by atoms with E-state index in [-0.39, 0.29) is 6.61 Å². The van der Waals surface area contributed by atoms with Crippen LogP contribution in [0.3, 0.4) is 0 Å². The average Bonchev–Trinajstić information content (AvgIpc) is 3.08. The summed E-state index contributed by atoms with van der Waals surface area (Å²) >= 11 is 1.51. The van der Waals surface area contributed by atoms with E-state index in [1.807, 2.05) is 17.5 Å². The first kappa shape index (κ1) is 18.0. The quantitative estimate of drug-likeness (QED) is 0.560. The molecule has 128 valence electrons. The van der Waals surface area contributed by atoms with Crippen molar-refractivity contribution in [1.29, 1.82) is 0 Å². The average molecular weight is 348 g/mol. The number of carbonyl (C=O) groups is 2. The Hall–Kier alpha value is -2.34. The van der Waals surface area contributed by atoms with Gasteiger partial charge in [0.1, 0.15) is 11.5 Å². The fourth-order valence-electron chi connectivity index (χ4n) is 2.18. The molecule has 0 unspecified atom stereocenters. The van der Waals surface area contributed by atoms with Crippen LogP contribution in [0.1, 0.15) is 31.1 Å². The van der Waals surface area contributed by atoms with E-state index in [4.69, 9.17) is 14.2 Å². The summed E-state index contributed by atoms with van der Waals surface area (Å²) in [6.45, 7) is 5.30. The first-order valence-electron chi connectivity index (χ1n) is 7.50. The van der Waals surface area contributed by atoms with Gasteiger partial charge in [-0.05, 0) is 38.3 Å². The van der Waals surface area contributed by atoms with Crippen molar-refractivity contribution in [2.45, 2.75) is 26.4 Å². The van der Waals surface area contributed by atoms with Gasteiger partial charge < -0.3 is 14.2 Å². The molecule has 2 aromatic rings. The van der Waals surface area contributed by atoms with Gasteiger partial charge >= 0.3 is 5.97 Å². The third-order valence-corrected chi connectivity index (χ3v) is 4.28. The number of ether oxygens (including phenoxy) is 3. The molecule has 2 rings (SSSR count). The Balaban J connectivity index is 2.51. The van der Waals surface area contributed by atoms with Gasteiger partial charge in [-0.2, -0.15) is 0 Å². The van der Waals surface area contributed by atoms with Crippen LogP contribution in [0.4, 0.5) is 0 Å². The Labute approximate surface area is 145 Å². The van der Waals surface area contributed by atoms with Crippen molar-refractivity contribution >= 4 is 23.6 Å². The highest BCUT2D eigenvalue weighted by Gasteiger charge is 2.33. The molecule has 1 aromatic heterocycles. The molecule has 5 nitrogen and oxygen atoms in total. The molecule has 1 aromatic carbocycles. The van der Waals surface area contributed by atoms with E-state index in [0.29, 0.717) is 17.1 Å². The Morgan fingerprint density at radius 1 is 1.29 bits per heavy atom. The molecule has 0 radical (unpaired) electrons. The molecule has 24 heavy (non-hydrogen) atoms. The molecule has 0 aliphatic heterocycles. The van der Waals surface area contributed by atoms with Gasteiger partial charge in [-0.15, -0.1) is 11.3 Å². The number of aldehydes is 1. The molecule has 0 spiro atoms. The van der Waals surface area contributed by atoms with Crippen LogP contribution >= 0.6 is 11.3 Å². The lowest BCUT2D eigenvalue weighted by Gasteiger charge is -2.26. The minimum absolute atomic E-state index is 0.275. The van der Waals surface area contributed by atoms with Crippen molar-refractivity contribution in [2.75, 3.05) is 13.7 Å². The zero-order valence-corrected chi connectivity index (χ0v) is 14.9. The fourth-order valence-corrected chi connectivity index (χ4v) is 2.92. The summed E-state index contributed by atoms with van der Waals surface area (Å²) in [4.78, 5) is 24.3. The summed E-state index contributed by atoms with van der Waals surface area (Å²) < 4.78 is 16.3. The number of hydrogen-bond donors (Lipinski definition) is 0. The van der Waals surface area contributed by atoms with Crippen molar-refractivity contribution < 1.29 is 23.8 Å². The molecule has 0 saturated carbocycles. The second-order valence-corrected chi connectivity index (χ2v) is 6.47. The van der Waals surface area contributed by atoms with E-state index in [0.717, 1.165) is 16.7 Å². The van der Waals surface area contributed by atoms with E-state index in [2.05, 4.69) is 0 Å². The summed E-state index contributed by atoms with van der Waals surface area (Å²) in [6.07, 6.45) is 0.732. The van der Waals surface area contributed by atoms with Crippen molar-refractivity contribution in [3.63, 3.8) is 0 Å². The molecule has 1 heterocycles. The van der Waals surface area contributed by atoms with E-state index >= 15 is 0 Å². The zero-order valence-electron chi connectivity index (χ0n) is 14.1. The molecule has 0 aliphatic carbocycles. The topological polar surface area (TPSA) is 61.8 Å². The minimum atomic E-state index is -1.17. The van der Waals surface area contributed by atoms with E-state index < -0.39 is 11.6 Å². The highest BCUT2D eigenvalue weighted by Crippen LogP contribution is 2.39. The normalized spacial score (nSPS) is 11.0. The lowest BCUT2D eigenvalue weighted by molar-refractivity contribution is -0.158. The molecule has 0 amide bonds. The van der Waals surface area contributed by atoms with Crippen LogP contribution in [0, 0.1) is 0 Å². The number of rotatable bonds is 7. The van der Waals surface area contributed by atoms with Crippen LogP contribution in [0.25, 0.3) is 10.4 Å². The molecule has 0 N–H and O–H groups in total. The van der Waals surface area contributed by atoms with Gasteiger partial charge in [0, 0.05) is 16.5 Å². The number of methoxy groups -OCH3 is 1. The van der Waals surface area contributed by atoms with Crippen LogP contribution in [-0.2, 0) is 9.53 Å². The molecule has 0 saturated heterocycles. The van der Waals surface area contributed by atoms with Gasteiger partial charge in [0.05, 0.1) is 19.3 Å². The Morgan fingerprint density at radius 2 is 2.04 bits per heavy atom. The molecule has 0 aliphatic rings. The highest BCUT2D eigenvalue weighted by atomic mass is 32.1. The summed E-state index contributed by atoms with van der Waals surface area (Å²) in [5, 5.41) is 1.93. The first-order chi connectivity index (χ1) is 11.4. The van der Waals surface area contributed by atoms with Crippen LogP contribution in [-0.4, -0.2) is 31.6 Å². The second kappa shape index (κ2) is 7.49.